The lowest BCUT2D eigenvalue weighted by Gasteiger charge is -2.34. The monoisotopic (exact) mass is 423 g/mol. The van der Waals surface area contributed by atoms with Crippen LogP contribution in [0.1, 0.15) is 16.1 Å². The van der Waals surface area contributed by atoms with Crippen molar-refractivity contribution in [2.75, 3.05) is 32.7 Å². The van der Waals surface area contributed by atoms with Gasteiger partial charge in [0.05, 0.1) is 23.5 Å². The Kier molecular flexibility index (Phi) is 5.98. The summed E-state index contributed by atoms with van der Waals surface area (Å²) in [7, 11) is 0. The summed E-state index contributed by atoms with van der Waals surface area (Å²) in [5.74, 6) is -0.0903. The molecule has 0 bridgehead atoms. The summed E-state index contributed by atoms with van der Waals surface area (Å²) in [6.07, 6.45) is -2.34. The number of aromatic nitrogens is 1. The summed E-state index contributed by atoms with van der Waals surface area (Å²) in [4.78, 5) is 20.7. The highest BCUT2D eigenvalue weighted by Crippen LogP contribution is 2.23. The van der Waals surface area contributed by atoms with Crippen LogP contribution in [-0.2, 0) is 0 Å². The first-order valence-corrected chi connectivity index (χ1v) is 9.26. The average molecular weight is 424 g/mol. The largest absolute Gasteiger partial charge is 0.336 e. The molecule has 2 aromatic rings. The molecule has 1 fully saturated rings. The predicted octanol–water partition coefficient (Wildman–Crippen LogP) is 3.84. The molecule has 0 atom stereocenters. The van der Waals surface area contributed by atoms with Crippen molar-refractivity contribution in [3.63, 3.8) is 0 Å². The summed E-state index contributed by atoms with van der Waals surface area (Å²) in [5, 5.41) is 0. The summed E-state index contributed by atoms with van der Waals surface area (Å²) in [6.45, 7) is 3.44. The van der Waals surface area contributed by atoms with Crippen molar-refractivity contribution in [1.29, 1.82) is 0 Å². The van der Waals surface area contributed by atoms with Crippen molar-refractivity contribution in [2.45, 2.75) is 13.3 Å². The third-order valence-electron chi connectivity index (χ3n) is 4.49. The van der Waals surface area contributed by atoms with E-state index in [1.807, 2.05) is 37.3 Å². The Bertz CT molecular complexity index is 792. The fourth-order valence-electron chi connectivity index (χ4n) is 3.09. The number of carbonyl (C=O) groups is 1. The molecule has 1 aromatic heterocycles. The van der Waals surface area contributed by atoms with Gasteiger partial charge < -0.3 is 4.90 Å². The molecule has 1 aliphatic rings. The second-order valence-electron chi connectivity index (χ2n) is 6.32. The van der Waals surface area contributed by atoms with Gasteiger partial charge in [0.1, 0.15) is 0 Å². The number of halogens is 3. The van der Waals surface area contributed by atoms with Crippen LogP contribution in [0.25, 0.3) is 11.3 Å². The van der Waals surface area contributed by atoms with E-state index in [0.29, 0.717) is 37.4 Å². The van der Waals surface area contributed by atoms with Gasteiger partial charge in [-0.2, -0.15) is 0 Å². The molecule has 26 heavy (non-hydrogen) atoms. The minimum absolute atomic E-state index is 0.0903. The number of piperazine rings is 1. The number of hydrogen-bond acceptors (Lipinski definition) is 3. The van der Waals surface area contributed by atoms with E-state index in [9.17, 15) is 13.6 Å². The Morgan fingerprint density at radius 3 is 2.54 bits per heavy atom. The van der Waals surface area contributed by atoms with Gasteiger partial charge in [-0.25, -0.2) is 8.78 Å². The fourth-order valence-corrected chi connectivity index (χ4v) is 3.49. The van der Waals surface area contributed by atoms with Crippen LogP contribution in [0.4, 0.5) is 8.78 Å². The second-order valence-corrected chi connectivity index (χ2v) is 7.24. The molecule has 0 radical (unpaired) electrons. The van der Waals surface area contributed by atoms with Crippen LogP contribution in [0.2, 0.25) is 0 Å². The normalized spacial score (nSPS) is 15.5. The number of amides is 1. The van der Waals surface area contributed by atoms with Gasteiger partial charge in [-0.05, 0) is 31.2 Å². The Morgan fingerprint density at radius 1 is 1.19 bits per heavy atom. The smallest absolute Gasteiger partial charge is 0.255 e. The van der Waals surface area contributed by atoms with Crippen LogP contribution in [0.3, 0.4) is 0 Å². The Labute approximate surface area is 160 Å². The van der Waals surface area contributed by atoms with Gasteiger partial charge in [0.25, 0.3) is 12.3 Å². The van der Waals surface area contributed by atoms with Gasteiger partial charge in [0, 0.05) is 36.2 Å². The number of benzene rings is 1. The second kappa shape index (κ2) is 8.22. The molecule has 7 heteroatoms. The van der Waals surface area contributed by atoms with Crippen LogP contribution in [0, 0.1) is 6.92 Å². The van der Waals surface area contributed by atoms with Crippen LogP contribution in [0.15, 0.2) is 40.9 Å². The van der Waals surface area contributed by atoms with Crippen LogP contribution >= 0.6 is 15.9 Å². The van der Waals surface area contributed by atoms with E-state index in [1.165, 1.54) is 0 Å². The predicted molar refractivity (Wildman–Crippen MR) is 100 cm³/mol. The molecule has 0 spiro atoms. The summed E-state index contributed by atoms with van der Waals surface area (Å²) in [6, 6.07) is 11.5. The Balaban J connectivity index is 1.71. The number of pyridine rings is 1. The van der Waals surface area contributed by atoms with Gasteiger partial charge in [-0.15, -0.1) is 0 Å². The third-order valence-corrected chi connectivity index (χ3v) is 4.99. The lowest BCUT2D eigenvalue weighted by molar-refractivity contribution is 0.0458. The van der Waals surface area contributed by atoms with Crippen LogP contribution in [-0.4, -0.2) is 59.8 Å². The van der Waals surface area contributed by atoms with Gasteiger partial charge >= 0.3 is 0 Å². The van der Waals surface area contributed by atoms with E-state index in [0.717, 1.165) is 15.7 Å². The maximum atomic E-state index is 12.8. The number of nitrogens with zero attached hydrogens (tertiary/aromatic N) is 3. The average Bonchev–Trinajstić information content (AvgIpc) is 2.61. The Hall–Kier alpha value is -1.86. The molecule has 0 N–H and O–H groups in total. The zero-order chi connectivity index (χ0) is 18.7. The minimum Gasteiger partial charge on any atom is -0.336 e. The maximum absolute atomic E-state index is 12.8. The molecule has 1 aromatic carbocycles. The molecule has 0 unspecified atom stereocenters. The lowest BCUT2D eigenvalue weighted by atomic mass is 10.1. The van der Waals surface area contributed by atoms with Crippen LogP contribution in [0.5, 0.6) is 0 Å². The molecule has 2 heterocycles. The molecular formula is C19H20BrF2N3O. The van der Waals surface area contributed by atoms with E-state index in [2.05, 4.69) is 20.9 Å². The minimum atomic E-state index is -2.34. The van der Waals surface area contributed by atoms with Gasteiger partial charge in [-0.1, -0.05) is 28.1 Å². The van der Waals surface area contributed by atoms with Crippen molar-refractivity contribution in [3.8, 4) is 11.3 Å². The first-order valence-electron chi connectivity index (χ1n) is 8.47. The van der Waals surface area contributed by atoms with Crippen molar-refractivity contribution in [2.24, 2.45) is 0 Å². The SMILES string of the molecule is Cc1nc(-c2cccc(Br)c2)ccc1C(=O)N1CCN(CC(F)F)CC1. The van der Waals surface area contributed by atoms with E-state index in [1.54, 1.807) is 15.9 Å². The number of hydrogen-bond donors (Lipinski definition) is 0. The molecule has 1 saturated heterocycles. The van der Waals surface area contributed by atoms with E-state index >= 15 is 0 Å². The molecule has 1 amide bonds. The lowest BCUT2D eigenvalue weighted by Crippen LogP contribution is -2.49. The van der Waals surface area contributed by atoms with Crippen molar-refractivity contribution < 1.29 is 13.6 Å². The highest BCUT2D eigenvalue weighted by atomic mass is 79.9. The summed E-state index contributed by atoms with van der Waals surface area (Å²) < 4.78 is 25.9. The number of rotatable bonds is 4. The van der Waals surface area contributed by atoms with Crippen LogP contribution < -0.4 is 0 Å². The molecule has 0 saturated carbocycles. The zero-order valence-electron chi connectivity index (χ0n) is 14.5. The summed E-state index contributed by atoms with van der Waals surface area (Å²) >= 11 is 3.45. The molecular weight excluding hydrogens is 404 g/mol. The first kappa shape index (κ1) is 18.9. The van der Waals surface area contributed by atoms with Crippen molar-refractivity contribution in [1.82, 2.24) is 14.8 Å². The zero-order valence-corrected chi connectivity index (χ0v) is 16.0. The van der Waals surface area contributed by atoms with Gasteiger partial charge in [-0.3, -0.25) is 14.7 Å². The number of alkyl halides is 2. The van der Waals surface area contributed by atoms with E-state index < -0.39 is 6.43 Å². The van der Waals surface area contributed by atoms with E-state index in [-0.39, 0.29) is 12.5 Å². The quantitative estimate of drug-likeness (QED) is 0.749. The molecule has 1 aliphatic heterocycles. The molecule has 0 aliphatic carbocycles. The fraction of sp³-hybridized carbons (Fsp3) is 0.368. The highest BCUT2D eigenvalue weighted by Gasteiger charge is 2.25. The number of aryl methyl sites for hydroxylation is 1. The van der Waals surface area contributed by atoms with Gasteiger partial charge in [0.2, 0.25) is 0 Å². The standard InChI is InChI=1S/C19H20BrF2N3O/c1-13-16(5-6-17(23-13)14-3-2-4-15(20)11-14)19(26)25-9-7-24(8-10-25)12-18(21)22/h2-6,11,18H,7-10,12H2,1H3. The topological polar surface area (TPSA) is 36.4 Å². The number of carbonyl (C=O) groups excluding carboxylic acids is 1. The van der Waals surface area contributed by atoms with Crippen molar-refractivity contribution in [3.05, 3.63) is 52.1 Å². The third kappa shape index (κ3) is 4.45. The first-order chi connectivity index (χ1) is 12.4. The molecule has 138 valence electrons. The highest BCUT2D eigenvalue weighted by molar-refractivity contribution is 9.10. The van der Waals surface area contributed by atoms with Crippen molar-refractivity contribution >= 4 is 21.8 Å². The summed E-state index contributed by atoms with van der Waals surface area (Å²) in [5.41, 5.74) is 3.01. The molecule has 4 nitrogen and oxygen atoms in total. The maximum Gasteiger partial charge on any atom is 0.255 e. The van der Waals surface area contributed by atoms with Gasteiger partial charge in [0.15, 0.2) is 0 Å². The molecule has 3 rings (SSSR count). The Morgan fingerprint density at radius 2 is 1.92 bits per heavy atom. The van der Waals surface area contributed by atoms with E-state index in [4.69, 9.17) is 0 Å².